The number of benzene rings is 1. The first-order valence-electron chi connectivity index (χ1n) is 7.96. The van der Waals surface area contributed by atoms with E-state index in [4.69, 9.17) is 0 Å². The lowest BCUT2D eigenvalue weighted by atomic mass is 10.1. The zero-order chi connectivity index (χ0) is 18.1. The molecule has 2 rings (SSSR count). The summed E-state index contributed by atoms with van der Waals surface area (Å²) >= 11 is 0. The number of aromatic nitrogens is 1. The fourth-order valence-corrected chi connectivity index (χ4v) is 2.14. The van der Waals surface area contributed by atoms with Crippen molar-refractivity contribution in [2.75, 3.05) is 11.9 Å². The van der Waals surface area contributed by atoms with Gasteiger partial charge in [0.25, 0.3) is 5.91 Å². The zero-order valence-corrected chi connectivity index (χ0v) is 14.3. The number of anilines is 1. The molecule has 2 aromatic rings. The molecule has 0 aliphatic heterocycles. The van der Waals surface area contributed by atoms with Crippen LogP contribution in [0.25, 0.3) is 0 Å². The van der Waals surface area contributed by atoms with Crippen molar-refractivity contribution in [1.82, 2.24) is 10.3 Å². The number of rotatable bonds is 6. The molecule has 1 aromatic carbocycles. The zero-order valence-electron chi connectivity index (χ0n) is 14.3. The van der Waals surface area contributed by atoms with E-state index in [9.17, 15) is 9.59 Å². The lowest BCUT2D eigenvalue weighted by molar-refractivity contribution is -0.116. The Labute approximate surface area is 147 Å². The molecule has 0 fully saturated rings. The molecule has 1 N–H and O–H groups in total. The van der Waals surface area contributed by atoms with Crippen molar-refractivity contribution < 1.29 is 9.59 Å². The molecule has 5 heteroatoms. The summed E-state index contributed by atoms with van der Waals surface area (Å²) in [6, 6.07) is 10.9. The van der Waals surface area contributed by atoms with Crippen LogP contribution in [0, 0.1) is 0 Å². The summed E-state index contributed by atoms with van der Waals surface area (Å²) in [5.41, 5.74) is 2.33. The number of pyridine rings is 1. The molecule has 128 valence electrons. The van der Waals surface area contributed by atoms with Gasteiger partial charge < -0.3 is 10.2 Å². The van der Waals surface area contributed by atoms with Crippen molar-refractivity contribution in [2.24, 2.45) is 0 Å². The van der Waals surface area contributed by atoms with Gasteiger partial charge in [0, 0.05) is 43.3 Å². The quantitative estimate of drug-likeness (QED) is 0.652. The van der Waals surface area contributed by atoms with Crippen LogP contribution in [0.15, 0.2) is 73.1 Å². The summed E-state index contributed by atoms with van der Waals surface area (Å²) in [7, 11) is 1.73. The van der Waals surface area contributed by atoms with Crippen molar-refractivity contribution in [1.29, 1.82) is 0 Å². The Balaban J connectivity index is 1.95. The smallest absolute Gasteiger partial charge is 0.258 e. The molecule has 1 heterocycles. The molecule has 0 saturated heterocycles. The normalized spacial score (nSPS) is 11.0. The highest BCUT2D eigenvalue weighted by atomic mass is 16.2. The summed E-state index contributed by atoms with van der Waals surface area (Å²) in [6.07, 6.45) is 10.0. The highest BCUT2D eigenvalue weighted by Gasteiger charge is 2.12. The maximum atomic E-state index is 12.4. The minimum Gasteiger partial charge on any atom is -0.348 e. The predicted octanol–water partition coefficient (Wildman–Crippen LogP) is 3.11. The van der Waals surface area contributed by atoms with Gasteiger partial charge in [-0.15, -0.1) is 0 Å². The fourth-order valence-electron chi connectivity index (χ4n) is 2.14. The van der Waals surface area contributed by atoms with E-state index in [1.807, 2.05) is 37.3 Å². The maximum absolute atomic E-state index is 12.4. The number of carbonyl (C=O) groups is 2. The number of allylic oxidation sites excluding steroid dienone is 3. The van der Waals surface area contributed by atoms with Gasteiger partial charge in [0.1, 0.15) is 0 Å². The first-order valence-corrected chi connectivity index (χ1v) is 7.96. The van der Waals surface area contributed by atoms with Gasteiger partial charge >= 0.3 is 0 Å². The highest BCUT2D eigenvalue weighted by Crippen LogP contribution is 2.16. The molecule has 0 saturated carbocycles. The third kappa shape index (κ3) is 5.42. The van der Waals surface area contributed by atoms with Crippen molar-refractivity contribution in [2.45, 2.75) is 13.5 Å². The number of nitrogens with one attached hydrogen (secondary N) is 1. The standard InChI is InChI=1S/C20H21N3O2/c1-3-4-5-6-19(24)22-15-16-7-9-18(10-8-16)23(2)20(25)17-11-13-21-14-12-17/h3-14H,15H2,1-2H3,(H,22,24)/b4-3+,6-5+. The monoisotopic (exact) mass is 335 g/mol. The van der Waals surface area contributed by atoms with E-state index < -0.39 is 0 Å². The van der Waals surface area contributed by atoms with Crippen LogP contribution in [0.2, 0.25) is 0 Å². The second kappa shape index (κ2) is 9.17. The average Bonchev–Trinajstić information content (AvgIpc) is 2.66. The predicted molar refractivity (Wildman–Crippen MR) is 99.2 cm³/mol. The summed E-state index contributed by atoms with van der Waals surface area (Å²) in [5.74, 6) is -0.246. The number of hydrogen-bond donors (Lipinski definition) is 1. The van der Waals surface area contributed by atoms with Crippen LogP contribution < -0.4 is 10.2 Å². The number of carbonyl (C=O) groups excluding carboxylic acids is 2. The number of amides is 2. The Bertz CT molecular complexity index is 765. The van der Waals surface area contributed by atoms with E-state index in [1.54, 1.807) is 48.6 Å². The van der Waals surface area contributed by atoms with Crippen LogP contribution in [0.3, 0.4) is 0 Å². The molecule has 0 aliphatic carbocycles. The molecule has 0 radical (unpaired) electrons. The Morgan fingerprint density at radius 1 is 1.08 bits per heavy atom. The van der Waals surface area contributed by atoms with Crippen LogP contribution in [0.4, 0.5) is 5.69 Å². The number of hydrogen-bond acceptors (Lipinski definition) is 3. The molecule has 0 bridgehead atoms. The molecule has 0 spiro atoms. The van der Waals surface area contributed by atoms with Gasteiger partial charge in [0.15, 0.2) is 0 Å². The van der Waals surface area contributed by atoms with E-state index in [0.717, 1.165) is 11.3 Å². The topological polar surface area (TPSA) is 62.3 Å². The van der Waals surface area contributed by atoms with Crippen molar-refractivity contribution >= 4 is 17.5 Å². The maximum Gasteiger partial charge on any atom is 0.258 e. The van der Waals surface area contributed by atoms with Crippen molar-refractivity contribution in [3.05, 3.63) is 84.2 Å². The van der Waals surface area contributed by atoms with Gasteiger partial charge in [-0.2, -0.15) is 0 Å². The highest BCUT2D eigenvalue weighted by molar-refractivity contribution is 6.05. The van der Waals surface area contributed by atoms with Crippen molar-refractivity contribution in [3.8, 4) is 0 Å². The summed E-state index contributed by atoms with van der Waals surface area (Å²) in [4.78, 5) is 29.5. The fraction of sp³-hybridized carbons (Fsp3) is 0.150. The van der Waals surface area contributed by atoms with Crippen LogP contribution in [0.1, 0.15) is 22.8 Å². The second-order valence-corrected chi connectivity index (χ2v) is 5.37. The minimum absolute atomic E-state index is 0.0995. The molecule has 0 atom stereocenters. The largest absolute Gasteiger partial charge is 0.348 e. The molecule has 5 nitrogen and oxygen atoms in total. The van der Waals surface area contributed by atoms with Crippen LogP contribution in [-0.2, 0) is 11.3 Å². The molecule has 0 unspecified atom stereocenters. The summed E-state index contributed by atoms with van der Waals surface area (Å²) < 4.78 is 0. The Morgan fingerprint density at radius 2 is 1.76 bits per heavy atom. The van der Waals surface area contributed by atoms with E-state index in [1.165, 1.54) is 6.08 Å². The van der Waals surface area contributed by atoms with E-state index in [-0.39, 0.29) is 11.8 Å². The first-order chi connectivity index (χ1) is 12.1. The van der Waals surface area contributed by atoms with Gasteiger partial charge in [-0.05, 0) is 36.8 Å². The molecule has 1 aromatic heterocycles. The Hall–Kier alpha value is -3.21. The lowest BCUT2D eigenvalue weighted by Gasteiger charge is -2.17. The second-order valence-electron chi connectivity index (χ2n) is 5.37. The Morgan fingerprint density at radius 3 is 2.40 bits per heavy atom. The molecule has 25 heavy (non-hydrogen) atoms. The summed E-state index contributed by atoms with van der Waals surface area (Å²) in [6.45, 7) is 2.32. The third-order valence-electron chi connectivity index (χ3n) is 3.57. The molecular formula is C20H21N3O2. The molecule has 2 amide bonds. The third-order valence-corrected chi connectivity index (χ3v) is 3.57. The molecular weight excluding hydrogens is 314 g/mol. The summed E-state index contributed by atoms with van der Waals surface area (Å²) in [5, 5.41) is 2.81. The van der Waals surface area contributed by atoms with Gasteiger partial charge in [-0.3, -0.25) is 14.6 Å². The van der Waals surface area contributed by atoms with Crippen LogP contribution >= 0.6 is 0 Å². The van der Waals surface area contributed by atoms with Gasteiger partial charge in [-0.25, -0.2) is 0 Å². The van der Waals surface area contributed by atoms with Crippen molar-refractivity contribution in [3.63, 3.8) is 0 Å². The van der Waals surface area contributed by atoms with E-state index in [0.29, 0.717) is 12.1 Å². The first kappa shape index (κ1) is 18.1. The van der Waals surface area contributed by atoms with Gasteiger partial charge in [-0.1, -0.05) is 30.4 Å². The minimum atomic E-state index is -0.146. The molecule has 0 aliphatic rings. The average molecular weight is 335 g/mol. The van der Waals surface area contributed by atoms with Gasteiger partial charge in [0.05, 0.1) is 0 Å². The Kier molecular flexibility index (Phi) is 6.65. The van der Waals surface area contributed by atoms with Crippen LogP contribution in [-0.4, -0.2) is 23.8 Å². The van der Waals surface area contributed by atoms with Crippen LogP contribution in [0.5, 0.6) is 0 Å². The number of nitrogens with zero attached hydrogens (tertiary/aromatic N) is 2. The lowest BCUT2D eigenvalue weighted by Crippen LogP contribution is -2.26. The SMILES string of the molecule is C/C=C/C=C/C(=O)NCc1ccc(N(C)C(=O)c2ccncc2)cc1. The van der Waals surface area contributed by atoms with E-state index >= 15 is 0 Å². The van der Waals surface area contributed by atoms with E-state index in [2.05, 4.69) is 10.3 Å². The van der Waals surface area contributed by atoms with Gasteiger partial charge in [0.2, 0.25) is 5.91 Å².